The average Bonchev–Trinajstić information content (AvgIpc) is 2.77. The average molecular weight is 292 g/mol. The Bertz CT molecular complexity index is 538. The van der Waals surface area contributed by atoms with E-state index in [9.17, 15) is 0 Å². The lowest BCUT2D eigenvalue weighted by atomic mass is 9.85. The summed E-state index contributed by atoms with van der Waals surface area (Å²) in [5.41, 5.74) is 1.05. The Morgan fingerprint density at radius 2 is 1.60 bits per heavy atom. The third-order valence-corrected chi connectivity index (χ3v) is 4.12. The summed E-state index contributed by atoms with van der Waals surface area (Å²) < 4.78 is 2.03. The van der Waals surface area contributed by atoms with Gasteiger partial charge in [0.2, 0.25) is 5.28 Å². The molecular formula is C16H22ClN3. The molecule has 20 heavy (non-hydrogen) atoms. The molecule has 4 heteroatoms. The van der Waals surface area contributed by atoms with E-state index >= 15 is 0 Å². The maximum absolute atomic E-state index is 6.24. The largest absolute Gasteiger partial charge is 0.297 e. The molecule has 2 aromatic rings. The molecule has 0 saturated heterocycles. The van der Waals surface area contributed by atoms with E-state index < -0.39 is 0 Å². The van der Waals surface area contributed by atoms with Crippen LogP contribution in [0.25, 0.3) is 11.4 Å². The van der Waals surface area contributed by atoms with E-state index in [4.69, 9.17) is 11.6 Å². The second kappa shape index (κ2) is 6.40. The summed E-state index contributed by atoms with van der Waals surface area (Å²) in [6.07, 6.45) is 0. The van der Waals surface area contributed by atoms with E-state index in [2.05, 4.69) is 37.9 Å². The van der Waals surface area contributed by atoms with Crippen molar-refractivity contribution in [2.75, 3.05) is 0 Å². The summed E-state index contributed by atoms with van der Waals surface area (Å²) in [6, 6.07) is 10.1. The molecule has 1 aromatic carbocycles. The molecule has 2 rings (SSSR count). The third-order valence-electron chi connectivity index (χ3n) is 3.84. The van der Waals surface area contributed by atoms with E-state index in [1.54, 1.807) is 0 Å². The number of halogens is 1. The van der Waals surface area contributed by atoms with Crippen molar-refractivity contribution in [3.63, 3.8) is 0 Å². The highest BCUT2D eigenvalue weighted by Crippen LogP contribution is 2.27. The van der Waals surface area contributed by atoms with Gasteiger partial charge in [-0.1, -0.05) is 58.0 Å². The smallest absolute Gasteiger partial charge is 0.225 e. The highest BCUT2D eigenvalue weighted by Gasteiger charge is 2.22. The Hall–Kier alpha value is -1.35. The molecule has 0 bridgehead atoms. The lowest BCUT2D eigenvalue weighted by Gasteiger charge is -2.26. The van der Waals surface area contributed by atoms with Crippen molar-refractivity contribution < 1.29 is 0 Å². The first kappa shape index (κ1) is 15.0. The minimum atomic E-state index is 0.468. The third kappa shape index (κ3) is 3.21. The quantitative estimate of drug-likeness (QED) is 0.810. The van der Waals surface area contributed by atoms with Crippen LogP contribution in [0.4, 0.5) is 0 Å². The van der Waals surface area contributed by atoms with Crippen molar-refractivity contribution in [1.82, 2.24) is 14.8 Å². The zero-order chi connectivity index (χ0) is 14.7. The van der Waals surface area contributed by atoms with Crippen LogP contribution in [0, 0.1) is 17.8 Å². The monoisotopic (exact) mass is 291 g/mol. The second-order valence-electron chi connectivity index (χ2n) is 5.92. The van der Waals surface area contributed by atoms with E-state index in [0.29, 0.717) is 23.0 Å². The van der Waals surface area contributed by atoms with Crippen LogP contribution < -0.4 is 0 Å². The van der Waals surface area contributed by atoms with Gasteiger partial charge in [-0.2, -0.15) is 0 Å². The molecule has 0 amide bonds. The topological polar surface area (TPSA) is 30.7 Å². The molecule has 0 aliphatic heterocycles. The highest BCUT2D eigenvalue weighted by molar-refractivity contribution is 6.28. The van der Waals surface area contributed by atoms with Gasteiger partial charge >= 0.3 is 0 Å². The number of nitrogens with zero attached hydrogens (tertiary/aromatic N) is 3. The minimum Gasteiger partial charge on any atom is -0.297 e. The summed E-state index contributed by atoms with van der Waals surface area (Å²) >= 11 is 6.24. The second-order valence-corrected chi connectivity index (χ2v) is 6.26. The Balaban J connectivity index is 2.35. The molecule has 0 unspecified atom stereocenters. The van der Waals surface area contributed by atoms with Crippen LogP contribution in [0.5, 0.6) is 0 Å². The normalized spacial score (nSPS) is 11.8. The van der Waals surface area contributed by atoms with Gasteiger partial charge in [0.15, 0.2) is 5.82 Å². The van der Waals surface area contributed by atoms with Crippen molar-refractivity contribution in [3.8, 4) is 11.4 Å². The van der Waals surface area contributed by atoms with Gasteiger partial charge in [0, 0.05) is 12.1 Å². The Kier molecular flexibility index (Phi) is 4.81. The first-order valence-corrected chi connectivity index (χ1v) is 7.52. The Labute approximate surface area is 126 Å². The number of benzene rings is 1. The van der Waals surface area contributed by atoms with Crippen molar-refractivity contribution in [2.24, 2.45) is 17.8 Å². The van der Waals surface area contributed by atoms with Crippen molar-refractivity contribution in [3.05, 3.63) is 35.6 Å². The molecular weight excluding hydrogens is 270 g/mol. The van der Waals surface area contributed by atoms with Crippen LogP contribution in [0.2, 0.25) is 5.28 Å². The van der Waals surface area contributed by atoms with Gasteiger partial charge in [-0.25, -0.2) is 0 Å². The Morgan fingerprint density at radius 3 is 2.15 bits per heavy atom. The van der Waals surface area contributed by atoms with Gasteiger partial charge in [-0.3, -0.25) is 4.57 Å². The van der Waals surface area contributed by atoms with E-state index in [1.807, 2.05) is 34.9 Å². The van der Waals surface area contributed by atoms with E-state index in [-0.39, 0.29) is 0 Å². The van der Waals surface area contributed by atoms with Crippen molar-refractivity contribution in [2.45, 2.75) is 34.2 Å². The van der Waals surface area contributed by atoms with Gasteiger partial charge < -0.3 is 0 Å². The molecule has 1 aromatic heterocycles. The molecule has 0 saturated carbocycles. The first-order valence-electron chi connectivity index (χ1n) is 7.14. The van der Waals surface area contributed by atoms with Crippen LogP contribution in [-0.4, -0.2) is 14.8 Å². The van der Waals surface area contributed by atoms with Gasteiger partial charge in [0.1, 0.15) is 0 Å². The molecule has 3 nitrogen and oxygen atoms in total. The first-order chi connectivity index (χ1) is 9.50. The molecule has 0 aliphatic rings. The molecule has 0 fully saturated rings. The molecule has 0 aliphatic carbocycles. The van der Waals surface area contributed by atoms with Crippen LogP contribution in [0.3, 0.4) is 0 Å². The zero-order valence-corrected chi connectivity index (χ0v) is 13.3. The molecule has 0 radical (unpaired) electrons. The molecule has 0 spiro atoms. The van der Waals surface area contributed by atoms with Crippen molar-refractivity contribution in [1.29, 1.82) is 0 Å². The van der Waals surface area contributed by atoms with Crippen LogP contribution in [0.15, 0.2) is 30.3 Å². The zero-order valence-electron chi connectivity index (χ0n) is 12.5. The summed E-state index contributed by atoms with van der Waals surface area (Å²) in [5.74, 6) is 2.59. The lowest BCUT2D eigenvalue weighted by molar-refractivity contribution is 0.252. The lowest BCUT2D eigenvalue weighted by Crippen LogP contribution is -2.22. The van der Waals surface area contributed by atoms with Gasteiger partial charge in [-0.05, 0) is 29.4 Å². The van der Waals surface area contributed by atoms with Gasteiger partial charge in [-0.15, -0.1) is 10.2 Å². The predicted molar refractivity (Wildman–Crippen MR) is 83.6 cm³/mol. The van der Waals surface area contributed by atoms with Gasteiger partial charge in [0.05, 0.1) is 0 Å². The fourth-order valence-corrected chi connectivity index (χ4v) is 2.84. The molecule has 108 valence electrons. The maximum atomic E-state index is 6.24. The van der Waals surface area contributed by atoms with E-state index in [0.717, 1.165) is 17.9 Å². The highest BCUT2D eigenvalue weighted by atomic mass is 35.5. The summed E-state index contributed by atoms with van der Waals surface area (Å²) in [6.45, 7) is 9.87. The maximum Gasteiger partial charge on any atom is 0.225 e. The fraction of sp³-hybridized carbons (Fsp3) is 0.500. The summed E-state index contributed by atoms with van der Waals surface area (Å²) in [4.78, 5) is 0. The van der Waals surface area contributed by atoms with Gasteiger partial charge in [0.25, 0.3) is 0 Å². The SMILES string of the molecule is CC(C)C(Cn1c(Cl)nnc1-c1ccccc1)C(C)C. The minimum absolute atomic E-state index is 0.468. The number of hydrogen-bond acceptors (Lipinski definition) is 2. The Morgan fingerprint density at radius 1 is 1.00 bits per heavy atom. The molecule has 0 N–H and O–H groups in total. The van der Waals surface area contributed by atoms with Crippen LogP contribution in [0.1, 0.15) is 27.7 Å². The van der Waals surface area contributed by atoms with Crippen LogP contribution >= 0.6 is 11.6 Å². The molecule has 0 atom stereocenters. The van der Waals surface area contributed by atoms with Crippen molar-refractivity contribution >= 4 is 11.6 Å². The van der Waals surface area contributed by atoms with Crippen LogP contribution in [-0.2, 0) is 6.54 Å². The number of hydrogen-bond donors (Lipinski definition) is 0. The van der Waals surface area contributed by atoms with E-state index in [1.165, 1.54) is 0 Å². The standard InChI is InChI=1S/C16H22ClN3/c1-11(2)14(12(3)4)10-20-15(18-19-16(20)17)13-8-6-5-7-9-13/h5-9,11-12,14H,10H2,1-4H3. The molecule has 1 heterocycles. The number of rotatable bonds is 5. The number of aromatic nitrogens is 3. The fourth-order valence-electron chi connectivity index (χ4n) is 2.65. The predicted octanol–water partition coefficient (Wildman–Crippen LogP) is 4.53. The summed E-state index contributed by atoms with van der Waals surface area (Å²) in [5, 5.41) is 8.75. The summed E-state index contributed by atoms with van der Waals surface area (Å²) in [7, 11) is 0.